The van der Waals surface area contributed by atoms with E-state index in [4.69, 9.17) is 14.2 Å². The maximum atomic E-state index is 12.9. The van der Waals surface area contributed by atoms with Crippen molar-refractivity contribution in [3.8, 4) is 0 Å². The molecule has 0 aromatic rings. The number of hydrogen-bond donors (Lipinski definition) is 0. The summed E-state index contributed by atoms with van der Waals surface area (Å²) < 4.78 is 16.9. The second kappa shape index (κ2) is 64.1. The fourth-order valence-corrected chi connectivity index (χ4v) is 8.36. The minimum atomic E-state index is -0.802. The van der Waals surface area contributed by atoms with E-state index >= 15 is 0 Å². The third-order valence-electron chi connectivity index (χ3n) is 13.1. The van der Waals surface area contributed by atoms with Gasteiger partial charge in [0.25, 0.3) is 0 Å². The highest BCUT2D eigenvalue weighted by Crippen LogP contribution is 2.14. The van der Waals surface area contributed by atoms with Crippen LogP contribution >= 0.6 is 0 Å². The molecule has 436 valence electrons. The maximum absolute atomic E-state index is 12.9. The Balaban J connectivity index is 4.40. The molecule has 0 bridgehead atoms. The van der Waals surface area contributed by atoms with Gasteiger partial charge in [-0.3, -0.25) is 14.4 Å². The number of carbonyl (C=O) groups is 3. The molecule has 0 radical (unpaired) electrons. The second-order valence-electron chi connectivity index (χ2n) is 20.6. The van der Waals surface area contributed by atoms with Crippen LogP contribution in [0.2, 0.25) is 0 Å². The monoisotopic (exact) mass is 1060 g/mol. The van der Waals surface area contributed by atoms with Crippen molar-refractivity contribution in [3.05, 3.63) is 134 Å². The number of esters is 3. The minimum Gasteiger partial charge on any atom is -0.462 e. The van der Waals surface area contributed by atoms with Crippen LogP contribution in [0.1, 0.15) is 278 Å². The first-order valence-corrected chi connectivity index (χ1v) is 31.7. The molecule has 0 rings (SSSR count). The molecule has 1 atom stereocenters. The first-order chi connectivity index (χ1) is 38.0. The molecule has 0 aromatic carbocycles. The van der Waals surface area contributed by atoms with E-state index in [0.29, 0.717) is 19.3 Å². The molecule has 0 amide bonds. The summed E-state index contributed by atoms with van der Waals surface area (Å²) in [5.74, 6) is -0.938. The average Bonchev–Trinajstić information content (AvgIpc) is 3.43. The molecule has 0 aliphatic carbocycles. The largest absolute Gasteiger partial charge is 0.462 e. The quantitative estimate of drug-likeness (QED) is 0.0261. The Bertz CT molecular complexity index is 1650. The van der Waals surface area contributed by atoms with E-state index in [-0.39, 0.29) is 31.1 Å². The van der Waals surface area contributed by atoms with Crippen LogP contribution in [0.25, 0.3) is 0 Å². The maximum Gasteiger partial charge on any atom is 0.306 e. The average molecular weight is 1070 g/mol. The summed E-state index contributed by atoms with van der Waals surface area (Å²) in [6.45, 7) is 6.45. The van der Waals surface area contributed by atoms with Gasteiger partial charge in [-0.25, -0.2) is 0 Å². The van der Waals surface area contributed by atoms with E-state index < -0.39 is 6.10 Å². The highest BCUT2D eigenvalue weighted by Gasteiger charge is 2.19. The lowest BCUT2D eigenvalue weighted by Crippen LogP contribution is -2.30. The molecule has 0 N–H and O–H groups in total. The molecule has 0 saturated carbocycles. The topological polar surface area (TPSA) is 78.9 Å². The third-order valence-corrected chi connectivity index (χ3v) is 13.1. The van der Waals surface area contributed by atoms with Gasteiger partial charge < -0.3 is 14.2 Å². The van der Waals surface area contributed by atoms with Crippen LogP contribution in [0, 0.1) is 0 Å². The normalized spacial score (nSPS) is 13.0. The van der Waals surface area contributed by atoms with Gasteiger partial charge in [-0.1, -0.05) is 251 Å². The molecule has 0 aliphatic rings. The van der Waals surface area contributed by atoms with Crippen LogP contribution in [0.15, 0.2) is 134 Å². The fraction of sp³-hybridized carbons (Fsp3) is 0.648. The summed E-state index contributed by atoms with van der Waals surface area (Å²) in [6, 6.07) is 0. The van der Waals surface area contributed by atoms with Gasteiger partial charge in [-0.15, -0.1) is 0 Å². The van der Waals surface area contributed by atoms with Crippen molar-refractivity contribution in [1.82, 2.24) is 0 Å². The van der Waals surface area contributed by atoms with Crippen molar-refractivity contribution in [2.75, 3.05) is 13.2 Å². The molecule has 0 aliphatic heterocycles. The van der Waals surface area contributed by atoms with Crippen molar-refractivity contribution >= 4 is 17.9 Å². The van der Waals surface area contributed by atoms with Crippen molar-refractivity contribution in [1.29, 1.82) is 0 Å². The zero-order chi connectivity index (χ0) is 55.7. The van der Waals surface area contributed by atoms with Gasteiger partial charge in [0.15, 0.2) is 6.10 Å². The van der Waals surface area contributed by atoms with Gasteiger partial charge in [-0.2, -0.15) is 0 Å². The van der Waals surface area contributed by atoms with E-state index in [1.54, 1.807) is 0 Å². The summed E-state index contributed by atoms with van der Waals surface area (Å²) in [5.41, 5.74) is 0. The Morgan fingerprint density at radius 2 is 0.506 bits per heavy atom. The molecular weight excluding hydrogens is 949 g/mol. The zero-order valence-electron chi connectivity index (χ0n) is 49.9. The van der Waals surface area contributed by atoms with Crippen LogP contribution in [0.5, 0.6) is 0 Å². The van der Waals surface area contributed by atoms with Crippen LogP contribution in [0.3, 0.4) is 0 Å². The van der Waals surface area contributed by atoms with Gasteiger partial charge in [0.2, 0.25) is 0 Å². The molecule has 0 heterocycles. The smallest absolute Gasteiger partial charge is 0.306 e. The van der Waals surface area contributed by atoms with Crippen LogP contribution < -0.4 is 0 Å². The minimum absolute atomic E-state index is 0.0969. The van der Waals surface area contributed by atoms with Gasteiger partial charge in [0.1, 0.15) is 13.2 Å². The molecule has 6 heteroatoms. The van der Waals surface area contributed by atoms with E-state index in [2.05, 4.69) is 154 Å². The summed E-state index contributed by atoms with van der Waals surface area (Å²) in [6.07, 6.45) is 90.2. The summed E-state index contributed by atoms with van der Waals surface area (Å²) in [7, 11) is 0. The number of ether oxygens (including phenoxy) is 3. The molecule has 6 nitrogen and oxygen atoms in total. The lowest BCUT2D eigenvalue weighted by atomic mass is 10.1. The summed E-state index contributed by atoms with van der Waals surface area (Å²) >= 11 is 0. The van der Waals surface area contributed by atoms with Crippen LogP contribution in [0.4, 0.5) is 0 Å². The van der Waals surface area contributed by atoms with E-state index in [9.17, 15) is 14.4 Å². The van der Waals surface area contributed by atoms with E-state index in [1.807, 2.05) is 0 Å². The number of allylic oxidation sites excluding steroid dienone is 22. The highest BCUT2D eigenvalue weighted by atomic mass is 16.6. The van der Waals surface area contributed by atoms with E-state index in [0.717, 1.165) is 148 Å². The van der Waals surface area contributed by atoms with Gasteiger partial charge in [0, 0.05) is 19.3 Å². The lowest BCUT2D eigenvalue weighted by molar-refractivity contribution is -0.167. The van der Waals surface area contributed by atoms with Crippen LogP contribution in [-0.2, 0) is 28.6 Å². The number of hydrogen-bond acceptors (Lipinski definition) is 6. The third kappa shape index (κ3) is 62.3. The van der Waals surface area contributed by atoms with Gasteiger partial charge in [-0.05, 0) is 141 Å². The summed E-state index contributed by atoms with van der Waals surface area (Å²) in [4.78, 5) is 38.3. The molecule has 0 fully saturated rings. The molecule has 0 spiro atoms. The van der Waals surface area contributed by atoms with Crippen LogP contribution in [-0.4, -0.2) is 37.2 Å². The fourth-order valence-electron chi connectivity index (χ4n) is 8.36. The van der Waals surface area contributed by atoms with Crippen molar-refractivity contribution in [2.45, 2.75) is 284 Å². The number of carbonyl (C=O) groups excluding carboxylic acids is 3. The Morgan fingerprint density at radius 3 is 0.831 bits per heavy atom. The number of unbranched alkanes of at least 4 members (excludes halogenated alkanes) is 23. The predicted octanol–water partition coefficient (Wildman–Crippen LogP) is 21.8. The van der Waals surface area contributed by atoms with E-state index in [1.165, 1.54) is 89.9 Å². The SMILES string of the molecule is CC/C=C\C/C=C\C/C=C\C/C=C\C/C=C\C/C=C\C/C=C\C/C=C\CCCCCCC(=O)OCC(COC(=O)CCCCCCC/C=C\CCCCCC)OC(=O)CCCCCCCCC/C=C\C/C=C\CCCCC. The second-order valence-corrected chi connectivity index (χ2v) is 20.6. The zero-order valence-corrected chi connectivity index (χ0v) is 49.9. The Morgan fingerprint density at radius 1 is 0.273 bits per heavy atom. The number of rotatable bonds is 56. The molecule has 77 heavy (non-hydrogen) atoms. The first kappa shape index (κ1) is 72.5. The first-order valence-electron chi connectivity index (χ1n) is 31.7. The lowest BCUT2D eigenvalue weighted by Gasteiger charge is -2.18. The Hall–Kier alpha value is -4.45. The van der Waals surface area contributed by atoms with Gasteiger partial charge >= 0.3 is 17.9 Å². The molecule has 0 aromatic heterocycles. The van der Waals surface area contributed by atoms with Crippen molar-refractivity contribution < 1.29 is 28.6 Å². The van der Waals surface area contributed by atoms with Gasteiger partial charge in [0.05, 0.1) is 0 Å². The van der Waals surface area contributed by atoms with Crippen molar-refractivity contribution in [2.24, 2.45) is 0 Å². The Kier molecular flexibility index (Phi) is 60.4. The molecular formula is C71H116O6. The predicted molar refractivity (Wildman–Crippen MR) is 334 cm³/mol. The molecule has 1 unspecified atom stereocenters. The Labute approximate surface area is 475 Å². The molecule has 0 saturated heterocycles. The standard InChI is InChI=1S/C71H116O6/c1-4-7-10-13-16-19-22-25-27-29-30-31-32-33-34-35-36-37-38-39-40-42-43-46-49-52-55-58-61-64-70(73)76-67-68(66-75-69(72)63-60-57-54-51-48-45-24-21-18-15-12-9-6-3)77-71(74)65-62-59-56-53-50-47-44-41-28-26-23-20-17-14-11-8-5-2/h7,10,16-17,19-21,24-28,30-31,33-34,36-37,39-40,43,46,68H,4-6,8-9,11-15,18,22-23,29,32,35,38,41-42,44-45,47-67H2,1-3H3/b10-7-,19-16-,20-17-,24-21-,27-25-,28-26-,31-30-,34-33-,37-36-,40-39-,46-43-. The van der Waals surface area contributed by atoms with Crippen molar-refractivity contribution in [3.63, 3.8) is 0 Å². The highest BCUT2D eigenvalue weighted by molar-refractivity contribution is 5.71. The summed E-state index contributed by atoms with van der Waals surface area (Å²) in [5, 5.41) is 0.